The number of carbonyl (C=O) groups excluding carboxylic acids is 1. The first-order valence-corrected chi connectivity index (χ1v) is 6.68. The highest BCUT2D eigenvalue weighted by molar-refractivity contribution is 5.96. The molecule has 6 heteroatoms. The Balaban J connectivity index is 2.15. The van der Waals surface area contributed by atoms with E-state index in [-0.39, 0.29) is 11.8 Å². The first kappa shape index (κ1) is 15.6. The Morgan fingerprint density at radius 2 is 1.91 bits per heavy atom. The third-order valence-corrected chi connectivity index (χ3v) is 3.13. The summed E-state index contributed by atoms with van der Waals surface area (Å²) < 4.78 is 15.7. The summed E-state index contributed by atoms with van der Waals surface area (Å²) in [5, 5.41) is 2.82. The van der Waals surface area contributed by atoms with E-state index >= 15 is 0 Å². The van der Waals surface area contributed by atoms with Gasteiger partial charge in [0.05, 0.1) is 21.3 Å². The van der Waals surface area contributed by atoms with Crippen molar-refractivity contribution in [3.05, 3.63) is 47.7 Å². The predicted octanol–water partition coefficient (Wildman–Crippen LogP) is 2.04. The van der Waals surface area contributed by atoms with E-state index in [4.69, 9.17) is 14.2 Å². The summed E-state index contributed by atoms with van der Waals surface area (Å²) in [6.45, 7) is 0.303. The molecule has 0 saturated heterocycles. The molecule has 0 aliphatic rings. The number of hydrogen-bond donors (Lipinski definition) is 1. The molecule has 2 aromatic rings. The van der Waals surface area contributed by atoms with Crippen molar-refractivity contribution in [2.24, 2.45) is 0 Å². The number of para-hydroxylation sites is 1. The van der Waals surface area contributed by atoms with Crippen LogP contribution in [0.5, 0.6) is 17.4 Å². The molecule has 1 amide bonds. The van der Waals surface area contributed by atoms with Gasteiger partial charge in [-0.3, -0.25) is 4.79 Å². The van der Waals surface area contributed by atoms with Gasteiger partial charge in [-0.2, -0.15) is 0 Å². The lowest BCUT2D eigenvalue weighted by atomic mass is 10.1. The Bertz CT molecular complexity index is 658. The van der Waals surface area contributed by atoms with Crippen molar-refractivity contribution in [1.82, 2.24) is 10.3 Å². The Kier molecular flexibility index (Phi) is 5.19. The largest absolute Gasteiger partial charge is 0.493 e. The number of hydrogen-bond acceptors (Lipinski definition) is 5. The molecular weight excluding hydrogens is 284 g/mol. The van der Waals surface area contributed by atoms with Crippen molar-refractivity contribution < 1.29 is 19.0 Å². The van der Waals surface area contributed by atoms with Crippen molar-refractivity contribution in [3.8, 4) is 17.4 Å². The second-order valence-electron chi connectivity index (χ2n) is 4.40. The Morgan fingerprint density at radius 3 is 2.59 bits per heavy atom. The summed E-state index contributed by atoms with van der Waals surface area (Å²) in [5.41, 5.74) is 1.20. The molecule has 0 fully saturated rings. The molecule has 0 atom stereocenters. The van der Waals surface area contributed by atoms with Gasteiger partial charge in [0.1, 0.15) is 5.56 Å². The highest BCUT2D eigenvalue weighted by Gasteiger charge is 2.14. The number of pyridine rings is 1. The molecule has 22 heavy (non-hydrogen) atoms. The van der Waals surface area contributed by atoms with Crippen LogP contribution in [0.3, 0.4) is 0 Å². The van der Waals surface area contributed by atoms with Crippen molar-refractivity contribution in [3.63, 3.8) is 0 Å². The molecule has 0 radical (unpaired) electrons. The smallest absolute Gasteiger partial charge is 0.257 e. The third kappa shape index (κ3) is 3.28. The summed E-state index contributed by atoms with van der Waals surface area (Å²) in [5.74, 6) is 1.24. The van der Waals surface area contributed by atoms with Gasteiger partial charge in [0, 0.05) is 18.3 Å². The number of ether oxygens (including phenoxy) is 3. The van der Waals surface area contributed by atoms with Crippen LogP contribution in [-0.2, 0) is 6.54 Å². The minimum Gasteiger partial charge on any atom is -0.493 e. The Hall–Kier alpha value is -2.76. The summed E-state index contributed by atoms with van der Waals surface area (Å²) in [4.78, 5) is 16.3. The molecule has 1 aromatic carbocycles. The van der Waals surface area contributed by atoms with Crippen molar-refractivity contribution in [2.75, 3.05) is 21.3 Å². The molecule has 1 N–H and O–H groups in total. The van der Waals surface area contributed by atoms with Crippen LogP contribution < -0.4 is 19.5 Å². The average molecular weight is 302 g/mol. The van der Waals surface area contributed by atoms with Gasteiger partial charge < -0.3 is 19.5 Å². The fourth-order valence-electron chi connectivity index (χ4n) is 2.09. The lowest BCUT2D eigenvalue weighted by Gasteiger charge is -2.13. The Morgan fingerprint density at radius 1 is 1.09 bits per heavy atom. The lowest BCUT2D eigenvalue weighted by molar-refractivity contribution is 0.0947. The number of rotatable bonds is 6. The van der Waals surface area contributed by atoms with Gasteiger partial charge >= 0.3 is 0 Å². The molecule has 0 unspecified atom stereocenters. The molecule has 116 valence electrons. The SMILES string of the molecule is COc1cccc(CNC(=O)c2cccnc2OC)c1OC. The number of nitrogens with one attached hydrogen (secondary N) is 1. The van der Waals surface area contributed by atoms with E-state index in [1.807, 2.05) is 12.1 Å². The van der Waals surface area contributed by atoms with Gasteiger partial charge in [0.15, 0.2) is 11.5 Å². The predicted molar refractivity (Wildman–Crippen MR) is 81.5 cm³/mol. The molecule has 0 spiro atoms. The van der Waals surface area contributed by atoms with Crippen LogP contribution >= 0.6 is 0 Å². The summed E-state index contributed by atoms with van der Waals surface area (Å²) in [6.07, 6.45) is 1.57. The first-order valence-electron chi connectivity index (χ1n) is 6.68. The van der Waals surface area contributed by atoms with Gasteiger partial charge in [-0.15, -0.1) is 0 Å². The van der Waals surface area contributed by atoms with Crippen molar-refractivity contribution in [1.29, 1.82) is 0 Å². The fraction of sp³-hybridized carbons (Fsp3) is 0.250. The molecule has 0 bridgehead atoms. The van der Waals surface area contributed by atoms with E-state index in [9.17, 15) is 4.79 Å². The van der Waals surface area contributed by atoms with Crippen LogP contribution in [0.25, 0.3) is 0 Å². The van der Waals surface area contributed by atoms with E-state index in [1.165, 1.54) is 7.11 Å². The van der Waals surface area contributed by atoms with Gasteiger partial charge in [-0.05, 0) is 18.2 Å². The third-order valence-electron chi connectivity index (χ3n) is 3.13. The zero-order valence-corrected chi connectivity index (χ0v) is 12.8. The van der Waals surface area contributed by atoms with Gasteiger partial charge in [0.25, 0.3) is 5.91 Å². The van der Waals surface area contributed by atoms with Crippen LogP contribution in [0.1, 0.15) is 15.9 Å². The molecule has 6 nitrogen and oxygen atoms in total. The summed E-state index contributed by atoms with van der Waals surface area (Å²) >= 11 is 0. The number of benzene rings is 1. The number of carbonyl (C=O) groups is 1. The number of amides is 1. The first-order chi connectivity index (χ1) is 10.7. The topological polar surface area (TPSA) is 69.7 Å². The monoisotopic (exact) mass is 302 g/mol. The minimum atomic E-state index is -0.269. The van der Waals surface area contributed by atoms with Crippen LogP contribution in [0.4, 0.5) is 0 Å². The maximum atomic E-state index is 12.2. The molecule has 0 aliphatic heterocycles. The van der Waals surface area contributed by atoms with E-state index in [0.29, 0.717) is 23.6 Å². The van der Waals surface area contributed by atoms with E-state index in [0.717, 1.165) is 5.56 Å². The lowest BCUT2D eigenvalue weighted by Crippen LogP contribution is -2.24. The highest BCUT2D eigenvalue weighted by atomic mass is 16.5. The van der Waals surface area contributed by atoms with Gasteiger partial charge in [-0.25, -0.2) is 4.98 Å². The maximum absolute atomic E-state index is 12.2. The fourth-order valence-corrected chi connectivity index (χ4v) is 2.09. The second-order valence-corrected chi connectivity index (χ2v) is 4.40. The molecule has 0 saturated carbocycles. The van der Waals surface area contributed by atoms with Crippen molar-refractivity contribution in [2.45, 2.75) is 6.54 Å². The van der Waals surface area contributed by atoms with Crippen LogP contribution in [-0.4, -0.2) is 32.2 Å². The average Bonchev–Trinajstić information content (AvgIpc) is 2.58. The molecule has 1 aromatic heterocycles. The van der Waals surface area contributed by atoms with Gasteiger partial charge in [0.2, 0.25) is 5.88 Å². The van der Waals surface area contributed by atoms with Gasteiger partial charge in [-0.1, -0.05) is 12.1 Å². The Labute approximate surface area is 129 Å². The highest BCUT2D eigenvalue weighted by Crippen LogP contribution is 2.30. The zero-order valence-electron chi connectivity index (χ0n) is 12.8. The molecule has 2 rings (SSSR count). The number of aromatic nitrogens is 1. The molecule has 0 aliphatic carbocycles. The van der Waals surface area contributed by atoms with Crippen LogP contribution in [0.2, 0.25) is 0 Å². The second kappa shape index (κ2) is 7.31. The number of nitrogens with zero attached hydrogens (tertiary/aromatic N) is 1. The van der Waals surface area contributed by atoms with Crippen molar-refractivity contribution >= 4 is 5.91 Å². The zero-order chi connectivity index (χ0) is 15.9. The van der Waals surface area contributed by atoms with Crippen LogP contribution in [0.15, 0.2) is 36.5 Å². The van der Waals surface area contributed by atoms with Crippen LogP contribution in [0, 0.1) is 0 Å². The molecule has 1 heterocycles. The minimum absolute atomic E-state index is 0.269. The summed E-state index contributed by atoms with van der Waals surface area (Å²) in [6, 6.07) is 8.84. The number of methoxy groups -OCH3 is 3. The summed E-state index contributed by atoms with van der Waals surface area (Å²) in [7, 11) is 4.61. The normalized spacial score (nSPS) is 9.95. The van der Waals surface area contributed by atoms with E-state index in [1.54, 1.807) is 38.6 Å². The quantitative estimate of drug-likeness (QED) is 0.884. The maximum Gasteiger partial charge on any atom is 0.257 e. The van der Waals surface area contributed by atoms with E-state index in [2.05, 4.69) is 10.3 Å². The standard InChI is InChI=1S/C16H18N2O4/c1-20-13-8-4-6-11(14(13)21-2)10-18-15(19)12-7-5-9-17-16(12)22-3/h4-9H,10H2,1-3H3,(H,18,19). The molecular formula is C16H18N2O4. The van der Waals surface area contributed by atoms with E-state index < -0.39 is 0 Å².